The van der Waals surface area contributed by atoms with Gasteiger partial charge in [-0.2, -0.15) is 0 Å². The van der Waals surface area contributed by atoms with E-state index in [1.54, 1.807) is 6.07 Å². The Morgan fingerprint density at radius 1 is 1.18 bits per heavy atom. The van der Waals surface area contributed by atoms with Gasteiger partial charge in [0.15, 0.2) is 5.82 Å². The molecule has 0 spiro atoms. The van der Waals surface area contributed by atoms with Gasteiger partial charge in [0.2, 0.25) is 0 Å². The van der Waals surface area contributed by atoms with Gasteiger partial charge in [0.1, 0.15) is 28.9 Å². The first-order valence-electron chi connectivity index (χ1n) is 8.13. The summed E-state index contributed by atoms with van der Waals surface area (Å²) in [5.41, 5.74) is 1.69. The Balaban J connectivity index is 0.00000136. The number of nitrogens with one attached hydrogen (secondary N) is 1. The van der Waals surface area contributed by atoms with E-state index in [-0.39, 0.29) is 28.8 Å². The quantitative estimate of drug-likeness (QED) is 0.544. The van der Waals surface area contributed by atoms with E-state index in [1.807, 2.05) is 13.8 Å². The van der Waals surface area contributed by atoms with Crippen LogP contribution in [0.1, 0.15) is 19.4 Å². The fraction of sp³-hybridized carbons (Fsp3) is 0.167. The third kappa shape index (κ3) is 5.40. The molecule has 1 aromatic heterocycles. The number of sulfonamides is 1. The van der Waals surface area contributed by atoms with Crippen molar-refractivity contribution in [2.75, 3.05) is 4.72 Å². The molecule has 3 rings (SSSR count). The number of aromatic nitrogens is 1. The molecule has 0 amide bonds. The predicted octanol–water partition coefficient (Wildman–Crippen LogP) is 5.48. The molecule has 0 atom stereocenters. The molecule has 0 unspecified atom stereocenters. The van der Waals surface area contributed by atoms with Gasteiger partial charge in [0, 0.05) is 17.0 Å². The second-order valence-electron chi connectivity index (χ2n) is 5.07. The number of halogens is 3. The zero-order valence-electron chi connectivity index (χ0n) is 14.9. The van der Waals surface area contributed by atoms with Gasteiger partial charge in [-0.1, -0.05) is 43.6 Å². The van der Waals surface area contributed by atoms with Crippen molar-refractivity contribution in [2.24, 2.45) is 0 Å². The molecule has 1 heterocycles. The van der Waals surface area contributed by atoms with Crippen LogP contribution in [0.15, 0.2) is 52.2 Å². The largest absolute Gasteiger partial charge is 0.487 e. The summed E-state index contributed by atoms with van der Waals surface area (Å²) in [6, 6.07) is 7.71. The van der Waals surface area contributed by atoms with Crippen molar-refractivity contribution in [3.8, 4) is 5.75 Å². The summed E-state index contributed by atoms with van der Waals surface area (Å²) in [7, 11) is -4.21. The average molecular weight is 447 g/mol. The number of rotatable bonds is 6. The summed E-state index contributed by atoms with van der Waals surface area (Å²) in [6.07, 6.45) is 0. The number of benzene rings is 2. The van der Waals surface area contributed by atoms with Crippen LogP contribution in [0.25, 0.3) is 0 Å². The highest BCUT2D eigenvalue weighted by Gasteiger charge is 2.23. The van der Waals surface area contributed by atoms with Crippen molar-refractivity contribution in [2.45, 2.75) is 25.3 Å². The molecular weight excluding hydrogens is 430 g/mol. The maximum atomic E-state index is 14.3. The zero-order chi connectivity index (χ0) is 20.7. The first kappa shape index (κ1) is 22.1. The third-order valence-corrected chi connectivity index (χ3v) is 5.54. The molecule has 10 heteroatoms. The second kappa shape index (κ2) is 9.81. The number of hydrogen-bond donors (Lipinski definition) is 1. The predicted molar refractivity (Wildman–Crippen MR) is 106 cm³/mol. The van der Waals surface area contributed by atoms with E-state index in [0.29, 0.717) is 0 Å². The van der Waals surface area contributed by atoms with E-state index < -0.39 is 26.6 Å². The molecule has 0 aliphatic rings. The van der Waals surface area contributed by atoms with Crippen molar-refractivity contribution < 1.29 is 21.9 Å². The first-order chi connectivity index (χ1) is 13.4. The fourth-order valence-corrected chi connectivity index (χ4v) is 3.98. The molecule has 0 fully saturated rings. The molecule has 0 radical (unpaired) electrons. The van der Waals surface area contributed by atoms with Crippen LogP contribution in [-0.2, 0) is 16.6 Å². The smallest absolute Gasteiger partial charge is 0.266 e. The van der Waals surface area contributed by atoms with Crippen LogP contribution in [0.2, 0.25) is 5.02 Å². The summed E-state index contributed by atoms with van der Waals surface area (Å²) >= 11 is 7.19. The summed E-state index contributed by atoms with van der Waals surface area (Å²) in [4.78, 5) is 3.14. The normalized spacial score (nSPS) is 10.8. The van der Waals surface area contributed by atoms with Crippen molar-refractivity contribution in [1.29, 1.82) is 0 Å². The van der Waals surface area contributed by atoms with Gasteiger partial charge in [0.25, 0.3) is 10.0 Å². The van der Waals surface area contributed by atoms with Gasteiger partial charge in [-0.05, 0) is 12.1 Å². The topological polar surface area (TPSA) is 68.3 Å². The van der Waals surface area contributed by atoms with Gasteiger partial charge >= 0.3 is 0 Å². The Hall–Kier alpha value is -2.23. The Morgan fingerprint density at radius 3 is 2.54 bits per heavy atom. The molecule has 3 aromatic rings. The Kier molecular flexibility index (Phi) is 7.73. The first-order valence-corrected chi connectivity index (χ1v) is 10.9. The van der Waals surface area contributed by atoms with Gasteiger partial charge in [0.05, 0.1) is 10.5 Å². The Labute approximate surface area is 171 Å². The van der Waals surface area contributed by atoms with Crippen LogP contribution in [0, 0.1) is 11.6 Å². The van der Waals surface area contributed by atoms with Crippen LogP contribution in [0.5, 0.6) is 5.75 Å². The number of thiazole rings is 1. The van der Waals surface area contributed by atoms with Gasteiger partial charge < -0.3 is 4.74 Å². The van der Waals surface area contributed by atoms with Gasteiger partial charge in [-0.3, -0.25) is 4.72 Å². The standard InChI is InChI=1S/C16H11ClF2N2O3S2.C2H6/c17-11-5-15(26(22,23)21-16-8-25-9-20-16)13(19)6-14(11)24-7-10-3-1-2-4-12(10)18;1-2/h1-6,8-9,21H,7H2;1-2H3. The highest BCUT2D eigenvalue weighted by Crippen LogP contribution is 2.31. The highest BCUT2D eigenvalue weighted by molar-refractivity contribution is 7.92. The van der Waals surface area contributed by atoms with E-state index in [2.05, 4.69) is 9.71 Å². The molecule has 0 saturated heterocycles. The summed E-state index contributed by atoms with van der Waals surface area (Å²) in [5.74, 6) is -1.55. The molecule has 0 bridgehead atoms. The molecular formula is C18H17ClF2N2O3S2. The maximum Gasteiger partial charge on any atom is 0.266 e. The van der Waals surface area contributed by atoms with E-state index in [0.717, 1.165) is 12.1 Å². The van der Waals surface area contributed by atoms with Gasteiger partial charge in [-0.25, -0.2) is 22.2 Å². The third-order valence-electron chi connectivity index (χ3n) is 3.29. The minimum Gasteiger partial charge on any atom is -0.487 e. The van der Waals surface area contributed by atoms with Crippen LogP contribution in [0.3, 0.4) is 0 Å². The molecule has 0 aliphatic carbocycles. The molecule has 28 heavy (non-hydrogen) atoms. The molecule has 0 saturated carbocycles. The minimum absolute atomic E-state index is 0.0744. The van der Waals surface area contributed by atoms with E-state index >= 15 is 0 Å². The summed E-state index contributed by atoms with van der Waals surface area (Å²) in [6.45, 7) is 3.81. The summed E-state index contributed by atoms with van der Waals surface area (Å²) in [5, 5.41) is 1.34. The lowest BCUT2D eigenvalue weighted by molar-refractivity contribution is 0.298. The molecule has 150 valence electrons. The highest BCUT2D eigenvalue weighted by atomic mass is 35.5. The number of hydrogen-bond acceptors (Lipinski definition) is 5. The van der Waals surface area contributed by atoms with Crippen LogP contribution in [-0.4, -0.2) is 13.4 Å². The van der Waals surface area contributed by atoms with Crippen molar-refractivity contribution in [3.05, 3.63) is 69.5 Å². The lowest BCUT2D eigenvalue weighted by atomic mass is 10.2. The SMILES string of the molecule is CC.O=S(=O)(Nc1cscn1)c1cc(Cl)c(OCc2ccccc2F)cc1F. The van der Waals surface area contributed by atoms with Crippen LogP contribution in [0.4, 0.5) is 14.6 Å². The molecule has 1 N–H and O–H groups in total. The average Bonchev–Trinajstić information content (AvgIpc) is 3.17. The van der Waals surface area contributed by atoms with Crippen molar-refractivity contribution in [3.63, 3.8) is 0 Å². The molecule has 5 nitrogen and oxygen atoms in total. The number of nitrogens with zero attached hydrogens (tertiary/aromatic N) is 1. The monoisotopic (exact) mass is 446 g/mol. The fourth-order valence-electron chi connectivity index (χ4n) is 2.05. The number of anilines is 1. The van der Waals surface area contributed by atoms with E-state index in [4.69, 9.17) is 16.3 Å². The van der Waals surface area contributed by atoms with Gasteiger partial charge in [-0.15, -0.1) is 11.3 Å². The lowest BCUT2D eigenvalue weighted by Gasteiger charge is -2.12. The van der Waals surface area contributed by atoms with Crippen molar-refractivity contribution >= 4 is 38.8 Å². The lowest BCUT2D eigenvalue weighted by Crippen LogP contribution is -2.15. The second-order valence-corrected chi connectivity index (χ2v) is 7.85. The Bertz CT molecular complexity index is 1030. The maximum absolute atomic E-state index is 14.3. The van der Waals surface area contributed by atoms with Crippen molar-refractivity contribution in [1.82, 2.24) is 4.98 Å². The van der Waals surface area contributed by atoms with Crippen LogP contribution < -0.4 is 9.46 Å². The Morgan fingerprint density at radius 2 is 1.89 bits per heavy atom. The van der Waals surface area contributed by atoms with Crippen LogP contribution >= 0.6 is 22.9 Å². The molecule has 0 aliphatic heterocycles. The molecule has 2 aromatic carbocycles. The van der Waals surface area contributed by atoms with E-state index in [1.165, 1.54) is 40.4 Å². The van der Waals surface area contributed by atoms with E-state index in [9.17, 15) is 17.2 Å². The zero-order valence-corrected chi connectivity index (χ0v) is 17.3. The summed E-state index contributed by atoms with van der Waals surface area (Å²) < 4.78 is 59.9. The minimum atomic E-state index is -4.21. The number of ether oxygens (including phenoxy) is 1.